The van der Waals surface area contributed by atoms with Crippen molar-refractivity contribution in [3.05, 3.63) is 102 Å². The van der Waals surface area contributed by atoms with Gasteiger partial charge in [0.1, 0.15) is 5.82 Å². The summed E-state index contributed by atoms with van der Waals surface area (Å²) in [6.07, 6.45) is 14.3. The first-order chi connectivity index (χ1) is 17.8. The van der Waals surface area contributed by atoms with Crippen LogP contribution in [0.4, 0.5) is 0 Å². The molecule has 0 aliphatic carbocycles. The largest absolute Gasteiger partial charge is 0.398 e. The number of aryl methyl sites for hydroxylation is 1. The highest BCUT2D eigenvalue weighted by atomic mass is 16.5. The van der Waals surface area contributed by atoms with Gasteiger partial charge in [0.25, 0.3) is 0 Å². The number of hydrogen-bond donors (Lipinski definition) is 2. The van der Waals surface area contributed by atoms with Crippen LogP contribution in [0.15, 0.2) is 100 Å². The quantitative estimate of drug-likeness (QED) is 0.301. The van der Waals surface area contributed by atoms with E-state index in [1.54, 1.807) is 6.08 Å². The first-order valence-electron chi connectivity index (χ1n) is 12.9. The van der Waals surface area contributed by atoms with Crippen molar-refractivity contribution in [3.63, 3.8) is 0 Å². The fourth-order valence-electron chi connectivity index (χ4n) is 3.91. The highest BCUT2D eigenvalue weighted by Gasteiger charge is 2.15. The molecule has 1 aromatic rings. The summed E-state index contributed by atoms with van der Waals surface area (Å²) in [5.74, 6) is 0.868. The Bertz CT molecular complexity index is 1130. The van der Waals surface area contributed by atoms with Crippen molar-refractivity contribution in [3.8, 4) is 0 Å². The van der Waals surface area contributed by atoms with E-state index in [4.69, 9.17) is 26.2 Å². The van der Waals surface area contributed by atoms with Crippen LogP contribution in [-0.4, -0.2) is 48.7 Å². The van der Waals surface area contributed by atoms with Gasteiger partial charge in [0.05, 0.1) is 19.3 Å². The Morgan fingerprint density at radius 1 is 1.22 bits per heavy atom. The van der Waals surface area contributed by atoms with E-state index in [2.05, 4.69) is 50.5 Å². The zero-order chi connectivity index (χ0) is 27.2. The maximum Gasteiger partial charge on any atom is 0.127 e. The van der Waals surface area contributed by atoms with Gasteiger partial charge in [-0.2, -0.15) is 0 Å². The molecule has 1 saturated heterocycles. The number of aliphatic imine (C=N–C) groups is 2. The molecule has 0 bridgehead atoms. The van der Waals surface area contributed by atoms with E-state index >= 15 is 0 Å². The maximum absolute atomic E-state index is 6.40. The third kappa shape index (κ3) is 10.1. The summed E-state index contributed by atoms with van der Waals surface area (Å²) in [4.78, 5) is 12.1. The minimum absolute atomic E-state index is 0.0912. The molecule has 2 rings (SSSR count). The van der Waals surface area contributed by atoms with Crippen molar-refractivity contribution in [2.75, 3.05) is 26.3 Å². The molecule has 0 amide bonds. The van der Waals surface area contributed by atoms with Crippen LogP contribution in [-0.2, 0) is 4.74 Å². The molecule has 4 N–H and O–H groups in total. The van der Waals surface area contributed by atoms with Crippen molar-refractivity contribution >= 4 is 17.1 Å². The summed E-state index contributed by atoms with van der Waals surface area (Å²) in [7, 11) is 0. The van der Waals surface area contributed by atoms with Crippen LogP contribution < -0.4 is 11.5 Å². The molecule has 0 aromatic heterocycles. The Labute approximate surface area is 223 Å². The van der Waals surface area contributed by atoms with Crippen LogP contribution in [0.1, 0.15) is 45.2 Å². The lowest BCUT2D eigenvalue weighted by molar-refractivity contribution is 0.0529. The standard InChI is InChI=1S/C31H43N5O/c1-7-11-26(12-8-2)29(32)20-24(5)35-31(36-15-17-37-18-16-36)21-25(6)34-28(9-3)22-30(33)27-14-10-13-23(4)19-27/h7-8,10-14,19-22,25H,1,9,15-18,32-33H2,2-6H3/b12-8-,26-11+,29-20-,30-22-,31-21+,34-28?,35-24+. The van der Waals surface area contributed by atoms with Crippen LogP contribution in [0.25, 0.3) is 5.70 Å². The number of benzene rings is 1. The van der Waals surface area contributed by atoms with Crippen LogP contribution in [0.2, 0.25) is 0 Å². The predicted molar refractivity (Wildman–Crippen MR) is 159 cm³/mol. The van der Waals surface area contributed by atoms with Gasteiger partial charge in [-0.15, -0.1) is 0 Å². The molecule has 0 spiro atoms. The lowest BCUT2D eigenvalue weighted by atomic mass is 10.1. The van der Waals surface area contributed by atoms with E-state index in [1.165, 1.54) is 5.56 Å². The Kier molecular flexibility index (Phi) is 12.4. The first-order valence-corrected chi connectivity index (χ1v) is 12.9. The molecule has 1 heterocycles. The van der Waals surface area contributed by atoms with E-state index in [1.807, 2.05) is 56.4 Å². The third-order valence-electron chi connectivity index (χ3n) is 5.76. The van der Waals surface area contributed by atoms with E-state index in [0.29, 0.717) is 24.6 Å². The summed E-state index contributed by atoms with van der Waals surface area (Å²) in [5.41, 5.74) is 18.9. The van der Waals surface area contributed by atoms with Crippen LogP contribution >= 0.6 is 0 Å². The molecule has 1 atom stereocenters. The van der Waals surface area contributed by atoms with Gasteiger partial charge in [0.2, 0.25) is 0 Å². The minimum Gasteiger partial charge on any atom is -0.398 e. The molecule has 0 saturated carbocycles. The number of rotatable bonds is 11. The smallest absolute Gasteiger partial charge is 0.127 e. The summed E-state index contributed by atoms with van der Waals surface area (Å²) in [6, 6.07) is 8.10. The Balaban J connectivity index is 2.39. The van der Waals surface area contributed by atoms with Gasteiger partial charge in [-0.3, -0.25) is 4.99 Å². The fourth-order valence-corrected chi connectivity index (χ4v) is 3.91. The van der Waals surface area contributed by atoms with Gasteiger partial charge in [0.15, 0.2) is 0 Å². The Morgan fingerprint density at radius 2 is 1.95 bits per heavy atom. The molecular weight excluding hydrogens is 458 g/mol. The van der Waals surface area contributed by atoms with Crippen molar-refractivity contribution in [2.24, 2.45) is 21.5 Å². The summed E-state index contributed by atoms with van der Waals surface area (Å²) >= 11 is 0. The average Bonchev–Trinajstić information content (AvgIpc) is 2.88. The van der Waals surface area contributed by atoms with E-state index in [-0.39, 0.29) is 6.04 Å². The molecule has 1 aliphatic rings. The third-order valence-corrected chi connectivity index (χ3v) is 5.76. The first kappa shape index (κ1) is 29.6. The second-order valence-electron chi connectivity index (χ2n) is 9.02. The van der Waals surface area contributed by atoms with Crippen molar-refractivity contribution in [1.82, 2.24) is 4.90 Å². The second kappa shape index (κ2) is 15.5. The van der Waals surface area contributed by atoms with Crippen molar-refractivity contribution < 1.29 is 4.74 Å². The molecule has 37 heavy (non-hydrogen) atoms. The zero-order valence-electron chi connectivity index (χ0n) is 23.1. The summed E-state index contributed by atoms with van der Waals surface area (Å²) in [6.45, 7) is 16.8. The monoisotopic (exact) mass is 501 g/mol. The number of nitrogens with two attached hydrogens (primary N) is 2. The molecule has 0 radical (unpaired) electrons. The number of hydrogen-bond acceptors (Lipinski definition) is 6. The number of allylic oxidation sites excluding steroid dienone is 6. The lowest BCUT2D eigenvalue weighted by Crippen LogP contribution is -2.35. The lowest BCUT2D eigenvalue weighted by Gasteiger charge is -2.29. The minimum atomic E-state index is -0.0912. The SMILES string of the molecule is C=C/C=C(\C=C/C)C(/N)=C/C(C)=N/C(=C\C(C)N=C(/C=C(\N)c1cccc(C)c1)CC)N1CCOCC1. The van der Waals surface area contributed by atoms with Crippen LogP contribution in [0, 0.1) is 6.92 Å². The zero-order valence-corrected chi connectivity index (χ0v) is 23.1. The van der Waals surface area contributed by atoms with Gasteiger partial charge in [-0.25, -0.2) is 4.99 Å². The van der Waals surface area contributed by atoms with Crippen molar-refractivity contribution in [1.29, 1.82) is 0 Å². The van der Waals surface area contributed by atoms with Gasteiger partial charge < -0.3 is 21.1 Å². The fraction of sp³-hybridized carbons (Fsp3) is 0.355. The number of ether oxygens (including phenoxy) is 1. The highest BCUT2D eigenvalue weighted by molar-refractivity contribution is 6.00. The maximum atomic E-state index is 6.40. The Hall–Kier alpha value is -3.64. The highest BCUT2D eigenvalue weighted by Crippen LogP contribution is 2.16. The van der Waals surface area contributed by atoms with E-state index in [9.17, 15) is 0 Å². The molecule has 1 unspecified atom stereocenters. The average molecular weight is 502 g/mol. The van der Waals surface area contributed by atoms with Gasteiger partial charge >= 0.3 is 0 Å². The number of morpholine rings is 1. The topological polar surface area (TPSA) is 89.2 Å². The molecule has 6 nitrogen and oxygen atoms in total. The normalized spacial score (nSPS) is 17.9. The van der Waals surface area contributed by atoms with E-state index in [0.717, 1.165) is 47.9 Å². The predicted octanol–water partition coefficient (Wildman–Crippen LogP) is 5.70. The van der Waals surface area contributed by atoms with Crippen LogP contribution in [0.5, 0.6) is 0 Å². The van der Waals surface area contributed by atoms with Gasteiger partial charge in [0, 0.05) is 35.9 Å². The Morgan fingerprint density at radius 3 is 2.57 bits per heavy atom. The van der Waals surface area contributed by atoms with Crippen LogP contribution in [0.3, 0.4) is 0 Å². The summed E-state index contributed by atoms with van der Waals surface area (Å²) < 4.78 is 5.56. The number of nitrogens with zero attached hydrogens (tertiary/aromatic N) is 3. The molecule has 1 aromatic carbocycles. The molecule has 1 fully saturated rings. The van der Waals surface area contributed by atoms with E-state index < -0.39 is 0 Å². The van der Waals surface area contributed by atoms with Crippen molar-refractivity contribution in [2.45, 2.75) is 47.1 Å². The molecule has 198 valence electrons. The molecule has 1 aliphatic heterocycles. The van der Waals surface area contributed by atoms with Gasteiger partial charge in [-0.05, 0) is 69.5 Å². The molecular formula is C31H43N5O. The summed E-state index contributed by atoms with van der Waals surface area (Å²) in [5, 5.41) is 0. The molecule has 6 heteroatoms. The second-order valence-corrected chi connectivity index (χ2v) is 9.02. The van der Waals surface area contributed by atoms with Gasteiger partial charge in [-0.1, -0.05) is 61.6 Å².